The Bertz CT molecular complexity index is 654. The number of rotatable bonds is 4. The summed E-state index contributed by atoms with van der Waals surface area (Å²) < 4.78 is 6.91. The third-order valence-electron chi connectivity index (χ3n) is 3.97. The van der Waals surface area contributed by atoms with Crippen LogP contribution in [0.1, 0.15) is 35.2 Å². The first kappa shape index (κ1) is 14.6. The molecule has 2 nitrogen and oxygen atoms in total. The summed E-state index contributed by atoms with van der Waals surface area (Å²) in [7, 11) is 0. The highest BCUT2D eigenvalue weighted by Crippen LogP contribution is 2.33. The maximum absolute atomic E-state index is 5.78. The smallest absolute Gasteiger partial charge is 0.127 e. The van der Waals surface area contributed by atoms with E-state index < -0.39 is 0 Å². The molecule has 0 unspecified atom stereocenters. The number of nitrogens with one attached hydrogen (secondary N) is 1. The van der Waals surface area contributed by atoms with Gasteiger partial charge >= 0.3 is 0 Å². The molecule has 0 aliphatic carbocycles. The predicted molar refractivity (Wildman–Crippen MR) is 89.8 cm³/mol. The molecule has 3 rings (SSSR count). The fraction of sp³-hybridized carbons (Fsp3) is 0.333. The van der Waals surface area contributed by atoms with Crippen molar-refractivity contribution in [1.29, 1.82) is 0 Å². The molecule has 0 fully saturated rings. The van der Waals surface area contributed by atoms with Crippen molar-refractivity contribution in [3.63, 3.8) is 0 Å². The van der Waals surface area contributed by atoms with Crippen molar-refractivity contribution in [2.75, 3.05) is 6.61 Å². The van der Waals surface area contributed by atoms with Crippen LogP contribution >= 0.6 is 15.9 Å². The molecule has 2 aromatic rings. The molecule has 0 bridgehead atoms. The van der Waals surface area contributed by atoms with Gasteiger partial charge in [0.2, 0.25) is 0 Å². The number of benzene rings is 2. The van der Waals surface area contributed by atoms with Gasteiger partial charge in [-0.25, -0.2) is 0 Å². The standard InChI is InChI=1S/C18H20BrNO/c1-12-4-3-5-14(8-12)13(2)20-11-16-10-17(19)9-15-6-7-21-18(15)16/h3-5,8-10,13,20H,6-7,11H2,1-2H3/t13-/m0/s1. The average molecular weight is 346 g/mol. The highest BCUT2D eigenvalue weighted by atomic mass is 79.9. The monoisotopic (exact) mass is 345 g/mol. The minimum Gasteiger partial charge on any atom is -0.493 e. The summed E-state index contributed by atoms with van der Waals surface area (Å²) in [6, 6.07) is 13.3. The van der Waals surface area contributed by atoms with Crippen molar-refractivity contribution in [3.8, 4) is 5.75 Å². The summed E-state index contributed by atoms with van der Waals surface area (Å²) in [5.41, 5.74) is 5.16. The van der Waals surface area contributed by atoms with E-state index in [0.29, 0.717) is 6.04 Å². The van der Waals surface area contributed by atoms with Gasteiger partial charge < -0.3 is 10.1 Å². The molecule has 3 heteroatoms. The Morgan fingerprint density at radius 1 is 1.29 bits per heavy atom. The molecule has 1 aliphatic rings. The Morgan fingerprint density at radius 2 is 2.14 bits per heavy atom. The lowest BCUT2D eigenvalue weighted by molar-refractivity contribution is 0.351. The lowest BCUT2D eigenvalue weighted by atomic mass is 10.0. The van der Waals surface area contributed by atoms with Crippen LogP contribution in [-0.4, -0.2) is 6.61 Å². The molecular formula is C18H20BrNO. The van der Waals surface area contributed by atoms with Crippen molar-refractivity contribution < 1.29 is 4.74 Å². The minimum absolute atomic E-state index is 0.320. The van der Waals surface area contributed by atoms with Crippen LogP contribution in [0, 0.1) is 6.92 Å². The highest BCUT2D eigenvalue weighted by Gasteiger charge is 2.17. The van der Waals surface area contributed by atoms with Crippen LogP contribution in [-0.2, 0) is 13.0 Å². The van der Waals surface area contributed by atoms with Crippen LogP contribution in [0.4, 0.5) is 0 Å². The lowest BCUT2D eigenvalue weighted by Crippen LogP contribution is -2.18. The van der Waals surface area contributed by atoms with Gasteiger partial charge in [-0.3, -0.25) is 0 Å². The first-order valence-corrected chi connectivity index (χ1v) is 8.17. The maximum Gasteiger partial charge on any atom is 0.127 e. The summed E-state index contributed by atoms with van der Waals surface area (Å²) in [6.45, 7) is 5.95. The van der Waals surface area contributed by atoms with E-state index in [0.717, 1.165) is 29.8 Å². The van der Waals surface area contributed by atoms with E-state index in [1.54, 1.807) is 0 Å². The summed E-state index contributed by atoms with van der Waals surface area (Å²) in [5.74, 6) is 1.07. The van der Waals surface area contributed by atoms with Gasteiger partial charge in [0.05, 0.1) is 6.61 Å². The van der Waals surface area contributed by atoms with Gasteiger partial charge in [0, 0.05) is 29.0 Å². The molecule has 110 valence electrons. The molecule has 0 saturated carbocycles. The molecule has 1 aliphatic heterocycles. The Balaban J connectivity index is 1.73. The summed E-state index contributed by atoms with van der Waals surface area (Å²) in [4.78, 5) is 0. The van der Waals surface area contributed by atoms with E-state index in [1.807, 2.05) is 0 Å². The summed E-state index contributed by atoms with van der Waals surface area (Å²) in [6.07, 6.45) is 1.01. The van der Waals surface area contributed by atoms with E-state index in [-0.39, 0.29) is 0 Å². The van der Waals surface area contributed by atoms with Gasteiger partial charge in [0.1, 0.15) is 5.75 Å². The normalized spacial score (nSPS) is 14.6. The molecule has 0 spiro atoms. The molecule has 0 radical (unpaired) electrons. The fourth-order valence-electron chi connectivity index (χ4n) is 2.80. The van der Waals surface area contributed by atoms with E-state index in [9.17, 15) is 0 Å². The van der Waals surface area contributed by atoms with E-state index in [4.69, 9.17) is 4.74 Å². The predicted octanol–water partition coefficient (Wildman–Crippen LogP) is 4.54. The topological polar surface area (TPSA) is 21.3 Å². The van der Waals surface area contributed by atoms with E-state index >= 15 is 0 Å². The van der Waals surface area contributed by atoms with Crippen molar-refractivity contribution in [2.45, 2.75) is 32.9 Å². The molecule has 0 aromatic heterocycles. The molecular weight excluding hydrogens is 326 g/mol. The van der Waals surface area contributed by atoms with E-state index in [1.165, 1.54) is 22.3 Å². The third-order valence-corrected chi connectivity index (χ3v) is 4.42. The van der Waals surface area contributed by atoms with Crippen molar-refractivity contribution in [3.05, 3.63) is 63.1 Å². The number of hydrogen-bond donors (Lipinski definition) is 1. The van der Waals surface area contributed by atoms with Crippen LogP contribution in [0.15, 0.2) is 40.9 Å². The highest BCUT2D eigenvalue weighted by molar-refractivity contribution is 9.10. The number of fused-ring (bicyclic) bond motifs is 1. The quantitative estimate of drug-likeness (QED) is 0.877. The van der Waals surface area contributed by atoms with Crippen molar-refractivity contribution in [1.82, 2.24) is 5.32 Å². The summed E-state index contributed by atoms with van der Waals surface area (Å²) in [5, 5.41) is 3.60. The Morgan fingerprint density at radius 3 is 2.95 bits per heavy atom. The van der Waals surface area contributed by atoms with Gasteiger partial charge in [-0.05, 0) is 37.1 Å². The molecule has 2 aromatic carbocycles. The van der Waals surface area contributed by atoms with Crippen molar-refractivity contribution in [2.24, 2.45) is 0 Å². The van der Waals surface area contributed by atoms with Gasteiger partial charge in [-0.2, -0.15) is 0 Å². The SMILES string of the molecule is Cc1cccc([C@H](C)NCc2cc(Br)cc3c2OCC3)c1. The van der Waals surface area contributed by atoms with E-state index in [2.05, 4.69) is 71.5 Å². The fourth-order valence-corrected chi connectivity index (χ4v) is 3.35. The van der Waals surface area contributed by atoms with Gasteiger partial charge in [0.15, 0.2) is 0 Å². The third kappa shape index (κ3) is 3.30. The summed E-state index contributed by atoms with van der Waals surface area (Å²) >= 11 is 3.59. The van der Waals surface area contributed by atoms with Crippen LogP contribution in [0.2, 0.25) is 0 Å². The Hall–Kier alpha value is -1.32. The largest absolute Gasteiger partial charge is 0.493 e. The Labute approximate surface area is 134 Å². The lowest BCUT2D eigenvalue weighted by Gasteiger charge is -2.16. The number of halogens is 1. The Kier molecular flexibility index (Phi) is 4.32. The van der Waals surface area contributed by atoms with Gasteiger partial charge in [-0.1, -0.05) is 45.8 Å². The van der Waals surface area contributed by atoms with Gasteiger partial charge in [0.25, 0.3) is 0 Å². The first-order valence-electron chi connectivity index (χ1n) is 7.37. The average Bonchev–Trinajstić information content (AvgIpc) is 2.92. The molecule has 1 atom stereocenters. The molecule has 1 heterocycles. The van der Waals surface area contributed by atoms with Crippen LogP contribution in [0.5, 0.6) is 5.75 Å². The number of ether oxygens (including phenoxy) is 1. The second-order valence-electron chi connectivity index (χ2n) is 5.67. The first-order chi connectivity index (χ1) is 10.1. The zero-order valence-electron chi connectivity index (χ0n) is 12.4. The molecule has 0 amide bonds. The second kappa shape index (κ2) is 6.20. The zero-order chi connectivity index (χ0) is 14.8. The van der Waals surface area contributed by atoms with Crippen LogP contribution < -0.4 is 10.1 Å². The van der Waals surface area contributed by atoms with Crippen LogP contribution in [0.3, 0.4) is 0 Å². The van der Waals surface area contributed by atoms with Crippen molar-refractivity contribution >= 4 is 15.9 Å². The van der Waals surface area contributed by atoms with Gasteiger partial charge in [-0.15, -0.1) is 0 Å². The number of hydrogen-bond acceptors (Lipinski definition) is 2. The van der Waals surface area contributed by atoms with Crippen LogP contribution in [0.25, 0.3) is 0 Å². The maximum atomic E-state index is 5.78. The molecule has 21 heavy (non-hydrogen) atoms. The number of aryl methyl sites for hydroxylation is 1. The molecule has 1 N–H and O–H groups in total. The second-order valence-corrected chi connectivity index (χ2v) is 6.58. The zero-order valence-corrected chi connectivity index (χ0v) is 14.0. The molecule has 0 saturated heterocycles. The minimum atomic E-state index is 0.320.